The summed E-state index contributed by atoms with van der Waals surface area (Å²) in [4.78, 5) is 38.1. The van der Waals surface area contributed by atoms with Crippen LogP contribution in [0.25, 0.3) is 16.9 Å². The molecule has 0 unspecified atom stereocenters. The molecule has 14 nitrogen and oxygen atoms in total. The predicted molar refractivity (Wildman–Crippen MR) is 161 cm³/mol. The van der Waals surface area contributed by atoms with Gasteiger partial charge in [0.05, 0.1) is 43.1 Å². The summed E-state index contributed by atoms with van der Waals surface area (Å²) < 4.78 is 48.1. The number of ether oxygens (including phenoxy) is 1. The Morgan fingerprint density at radius 3 is 2.07 bits per heavy atom. The molecule has 0 spiro atoms. The first-order valence-electron chi connectivity index (χ1n) is 12.8. The third-order valence-corrected chi connectivity index (χ3v) is 6.62. The average molecular weight is 688 g/mol. The summed E-state index contributed by atoms with van der Waals surface area (Å²) in [6.07, 6.45) is 8.07. The van der Waals surface area contributed by atoms with E-state index in [0.29, 0.717) is 33.8 Å². The van der Waals surface area contributed by atoms with Gasteiger partial charge in [0.2, 0.25) is 5.82 Å². The highest BCUT2D eigenvalue weighted by Crippen LogP contribution is 2.18. The maximum atomic E-state index is 13.6. The molecule has 7 rings (SSSR count). The van der Waals surface area contributed by atoms with Crippen LogP contribution < -0.4 is 11.3 Å². The van der Waals surface area contributed by atoms with Gasteiger partial charge in [0, 0.05) is 36.3 Å². The van der Waals surface area contributed by atoms with Crippen molar-refractivity contribution in [3.63, 3.8) is 0 Å². The van der Waals surface area contributed by atoms with Crippen LogP contribution in [0, 0.1) is 38.2 Å². The number of nitrogens with one attached hydrogen (secondary N) is 1. The van der Waals surface area contributed by atoms with Gasteiger partial charge in [-0.2, -0.15) is 19.1 Å². The molecule has 0 atom stereocenters. The first kappa shape index (κ1) is 32.5. The monoisotopic (exact) mass is 687 g/mol. The van der Waals surface area contributed by atoms with Crippen molar-refractivity contribution < 1.29 is 22.7 Å². The lowest BCUT2D eigenvalue weighted by Crippen LogP contribution is -2.20. The highest BCUT2D eigenvalue weighted by molar-refractivity contribution is 9.10. The number of aromatic nitrogens is 9. The van der Waals surface area contributed by atoms with E-state index in [2.05, 4.69) is 55.9 Å². The topological polar surface area (TPSA) is 175 Å². The van der Waals surface area contributed by atoms with Crippen molar-refractivity contribution in [1.82, 2.24) is 43.8 Å². The molecule has 0 amide bonds. The van der Waals surface area contributed by atoms with Gasteiger partial charge >= 0.3 is 11.5 Å². The predicted octanol–water partition coefficient (Wildman–Crippen LogP) is 3.29. The third kappa shape index (κ3) is 7.06. The SMILES string of the molecule is COC(=O)c1c(F)c(C)nc2ccnn12.Cc1nc2cc[nH]n2c(=O)c1F.Cc1nc2ccnn2c(Br)c1F.NC1=CC=NC1. The lowest BCUT2D eigenvalue weighted by atomic mass is 10.3. The van der Waals surface area contributed by atoms with Crippen LogP contribution >= 0.6 is 15.9 Å². The Balaban J connectivity index is 0.000000142. The number of halogens is 4. The van der Waals surface area contributed by atoms with E-state index in [1.54, 1.807) is 43.6 Å². The maximum absolute atomic E-state index is 13.6. The normalized spacial score (nSPS) is 11.8. The molecule has 1 aliphatic rings. The zero-order valence-electron chi connectivity index (χ0n) is 24.2. The number of nitrogens with zero attached hydrogens (tertiary/aromatic N) is 9. The van der Waals surface area contributed by atoms with E-state index in [1.165, 1.54) is 37.9 Å². The number of nitrogens with two attached hydrogens (primary N) is 1. The Morgan fingerprint density at radius 2 is 1.49 bits per heavy atom. The Morgan fingerprint density at radius 1 is 0.911 bits per heavy atom. The molecular formula is C27H25BrF3N11O3. The molecule has 0 bridgehead atoms. The van der Waals surface area contributed by atoms with Gasteiger partial charge in [-0.15, -0.1) is 0 Å². The Labute approximate surface area is 260 Å². The fourth-order valence-electron chi connectivity index (χ4n) is 3.72. The van der Waals surface area contributed by atoms with Crippen LogP contribution in [0.4, 0.5) is 13.2 Å². The fourth-order valence-corrected chi connectivity index (χ4v) is 4.28. The van der Waals surface area contributed by atoms with Crippen molar-refractivity contribution >= 4 is 45.1 Å². The minimum absolute atomic E-state index is 0.125. The van der Waals surface area contributed by atoms with Gasteiger partial charge in [-0.25, -0.2) is 37.6 Å². The molecule has 0 saturated carbocycles. The summed E-state index contributed by atoms with van der Waals surface area (Å²) in [6, 6.07) is 4.91. The Hall–Kier alpha value is -5.39. The van der Waals surface area contributed by atoms with E-state index in [9.17, 15) is 22.8 Å². The smallest absolute Gasteiger partial charge is 0.359 e. The first-order valence-corrected chi connectivity index (χ1v) is 13.6. The number of allylic oxidation sites excluding steroid dienone is 1. The van der Waals surface area contributed by atoms with Crippen molar-refractivity contribution in [3.8, 4) is 0 Å². The summed E-state index contributed by atoms with van der Waals surface area (Å²) >= 11 is 3.10. The average Bonchev–Trinajstić information content (AvgIpc) is 3.85. The molecule has 6 aromatic heterocycles. The van der Waals surface area contributed by atoms with E-state index in [4.69, 9.17) is 5.73 Å². The van der Waals surface area contributed by atoms with Crippen LogP contribution in [0.5, 0.6) is 0 Å². The van der Waals surface area contributed by atoms with Crippen LogP contribution in [0.2, 0.25) is 0 Å². The zero-order chi connectivity index (χ0) is 32.8. The first-order chi connectivity index (χ1) is 21.4. The lowest BCUT2D eigenvalue weighted by Gasteiger charge is -2.05. The van der Waals surface area contributed by atoms with Gasteiger partial charge in [-0.1, -0.05) is 0 Å². The summed E-state index contributed by atoms with van der Waals surface area (Å²) in [5, 5.41) is 10.2. The minimum Gasteiger partial charge on any atom is -0.464 e. The second kappa shape index (κ2) is 13.9. The quantitative estimate of drug-likeness (QED) is 0.194. The highest BCUT2D eigenvalue weighted by atomic mass is 79.9. The van der Waals surface area contributed by atoms with E-state index in [1.807, 2.05) is 0 Å². The number of aryl methyl sites for hydroxylation is 3. The maximum Gasteiger partial charge on any atom is 0.359 e. The summed E-state index contributed by atoms with van der Waals surface area (Å²) in [5.74, 6) is -2.66. The number of H-pyrrole nitrogens is 1. The molecular weight excluding hydrogens is 663 g/mol. The van der Waals surface area contributed by atoms with E-state index < -0.39 is 23.2 Å². The standard InChI is InChI=1S/C9H8FN3O2.C7H5BrFN3.C7H6FN3O.C4H6N2/c1-5-7(10)8(9(14)15-2)13-6(12-5)3-4-11-13;1-4-6(9)7(8)12-5(11-4)2-3-10-12;1-4-6(8)7(12)11-5(10-4)2-3-9-11;5-4-1-2-6-3-4/h3-4H,1-2H3;2-3H,1H3;2-3,9H,1H3;1-2H,3,5H2. The lowest BCUT2D eigenvalue weighted by molar-refractivity contribution is 0.0584. The van der Waals surface area contributed by atoms with Crippen LogP contribution in [-0.2, 0) is 4.74 Å². The summed E-state index contributed by atoms with van der Waals surface area (Å²) in [7, 11) is 1.19. The fraction of sp³-hybridized carbons (Fsp3) is 0.185. The van der Waals surface area contributed by atoms with Gasteiger partial charge in [0.25, 0.3) is 0 Å². The molecule has 234 valence electrons. The number of aliphatic imine (C=N–C) groups is 1. The number of hydrogen-bond donors (Lipinski definition) is 2. The van der Waals surface area contributed by atoms with E-state index >= 15 is 0 Å². The van der Waals surface area contributed by atoms with Crippen molar-refractivity contribution in [1.29, 1.82) is 0 Å². The molecule has 0 aliphatic carbocycles. The van der Waals surface area contributed by atoms with Crippen LogP contribution in [0.3, 0.4) is 0 Å². The second-order valence-electron chi connectivity index (χ2n) is 9.06. The van der Waals surface area contributed by atoms with Crippen LogP contribution in [0.1, 0.15) is 27.6 Å². The van der Waals surface area contributed by atoms with Gasteiger partial charge < -0.3 is 10.5 Å². The number of esters is 1. The third-order valence-electron chi connectivity index (χ3n) is 5.93. The molecule has 6 aromatic rings. The van der Waals surface area contributed by atoms with Gasteiger partial charge in [-0.05, 0) is 42.8 Å². The molecule has 1 aliphatic heterocycles. The number of fused-ring (bicyclic) bond motifs is 3. The molecule has 0 fully saturated rings. The number of carbonyl (C=O) groups excluding carboxylic acids is 1. The van der Waals surface area contributed by atoms with Crippen molar-refractivity contribution in [2.24, 2.45) is 10.7 Å². The van der Waals surface area contributed by atoms with Gasteiger partial charge in [0.1, 0.15) is 4.60 Å². The van der Waals surface area contributed by atoms with Crippen molar-refractivity contribution in [2.45, 2.75) is 20.8 Å². The Bertz CT molecular complexity index is 2130. The minimum atomic E-state index is -0.810. The molecule has 0 aromatic carbocycles. The summed E-state index contributed by atoms with van der Waals surface area (Å²) in [6.45, 7) is 5.26. The highest BCUT2D eigenvalue weighted by Gasteiger charge is 2.20. The number of carbonyl (C=O) groups is 1. The molecule has 7 heterocycles. The molecule has 0 saturated heterocycles. The number of aromatic amines is 1. The van der Waals surface area contributed by atoms with Crippen LogP contribution in [0.15, 0.2) is 63.0 Å². The van der Waals surface area contributed by atoms with Gasteiger partial charge in [0.15, 0.2) is 34.3 Å². The van der Waals surface area contributed by atoms with Gasteiger partial charge in [-0.3, -0.25) is 14.9 Å². The molecule has 0 radical (unpaired) electrons. The number of methoxy groups -OCH3 is 1. The molecule has 18 heteroatoms. The van der Waals surface area contributed by atoms with E-state index in [-0.39, 0.29) is 22.9 Å². The molecule has 45 heavy (non-hydrogen) atoms. The van der Waals surface area contributed by atoms with Crippen molar-refractivity contribution in [3.05, 3.63) is 104 Å². The number of rotatable bonds is 1. The largest absolute Gasteiger partial charge is 0.464 e. The zero-order valence-corrected chi connectivity index (χ0v) is 25.8. The van der Waals surface area contributed by atoms with E-state index in [0.717, 1.165) is 14.7 Å². The Kier molecular flexibility index (Phi) is 10.1. The second-order valence-corrected chi connectivity index (χ2v) is 9.81. The van der Waals surface area contributed by atoms with Crippen LogP contribution in [-0.4, -0.2) is 69.6 Å². The molecule has 3 N–H and O–H groups in total. The summed E-state index contributed by atoms with van der Waals surface area (Å²) in [5.41, 5.74) is 7.32. The van der Waals surface area contributed by atoms with Crippen molar-refractivity contribution in [2.75, 3.05) is 13.7 Å². The number of hydrogen-bond acceptors (Lipinski definition) is 10.